The highest BCUT2D eigenvalue weighted by Crippen LogP contribution is 2.29. The predicted octanol–water partition coefficient (Wildman–Crippen LogP) is 4.04. The van der Waals surface area contributed by atoms with E-state index in [0.717, 1.165) is 20.8 Å². The lowest BCUT2D eigenvalue weighted by Gasteiger charge is -2.08. The largest absolute Gasteiger partial charge is 0.497 e. The molecule has 0 aliphatic rings. The molecule has 0 fully saturated rings. The number of hydrogen-bond donors (Lipinski definition) is 1. The molecule has 1 amide bonds. The number of carbonyl (C=O) groups is 2. The minimum Gasteiger partial charge on any atom is -0.497 e. The van der Waals surface area contributed by atoms with Gasteiger partial charge in [0.25, 0.3) is 0 Å². The molecule has 0 aliphatic heterocycles. The van der Waals surface area contributed by atoms with Crippen molar-refractivity contribution in [3.8, 4) is 5.75 Å². The van der Waals surface area contributed by atoms with Crippen LogP contribution in [0.15, 0.2) is 35.4 Å². The smallest absolute Gasteiger partial charge is 0.222 e. The average Bonchev–Trinajstić information content (AvgIpc) is 3.14. The number of rotatable bonds is 7. The van der Waals surface area contributed by atoms with Gasteiger partial charge in [0.2, 0.25) is 5.91 Å². The van der Waals surface area contributed by atoms with Crippen LogP contribution in [0.1, 0.15) is 34.2 Å². The second-order valence-corrected chi connectivity index (χ2v) is 7.71. The zero-order chi connectivity index (χ0) is 20.7. The van der Waals surface area contributed by atoms with E-state index in [1.165, 1.54) is 23.1 Å². The first-order valence-electron chi connectivity index (χ1n) is 8.81. The van der Waals surface area contributed by atoms with Gasteiger partial charge >= 0.3 is 0 Å². The van der Waals surface area contributed by atoms with Crippen LogP contribution < -0.4 is 10.5 Å². The number of nitrogens with two attached hydrogens (primary N) is 1. The lowest BCUT2D eigenvalue weighted by Crippen LogP contribution is -2.12. The summed E-state index contributed by atoms with van der Waals surface area (Å²) in [6, 6.07) is 9.10. The van der Waals surface area contributed by atoms with Gasteiger partial charge in [-0.3, -0.25) is 9.59 Å². The van der Waals surface area contributed by atoms with E-state index in [0.29, 0.717) is 16.5 Å². The summed E-state index contributed by atoms with van der Waals surface area (Å²) in [5.41, 5.74) is 6.00. The summed E-state index contributed by atoms with van der Waals surface area (Å²) in [5, 5.41) is 1.60. The minimum atomic E-state index is -0.405. The number of amides is 1. The molecule has 0 spiro atoms. The fourth-order valence-electron chi connectivity index (χ4n) is 2.43. The first-order chi connectivity index (χ1) is 13.5. The van der Waals surface area contributed by atoms with Crippen LogP contribution in [-0.4, -0.2) is 34.5 Å². The van der Waals surface area contributed by atoms with Crippen molar-refractivity contribution in [3.05, 3.63) is 45.9 Å². The molecule has 2 aromatic heterocycles. The number of methoxy groups -OCH3 is 1. The molecule has 0 unspecified atom stereocenters. The Labute approximate surface area is 172 Å². The van der Waals surface area contributed by atoms with Crippen LogP contribution in [0, 0.1) is 6.92 Å². The van der Waals surface area contributed by atoms with Crippen molar-refractivity contribution < 1.29 is 14.3 Å². The molecule has 8 heteroatoms. The molecule has 28 heavy (non-hydrogen) atoms. The Morgan fingerprint density at radius 1 is 1.18 bits per heavy atom. The quantitative estimate of drug-likeness (QED) is 0.354. The second-order valence-electron chi connectivity index (χ2n) is 5.58. The highest BCUT2D eigenvalue weighted by Gasteiger charge is 2.14. The van der Waals surface area contributed by atoms with E-state index in [-0.39, 0.29) is 18.0 Å². The first-order valence-corrected chi connectivity index (χ1v) is 10.6. The van der Waals surface area contributed by atoms with E-state index in [4.69, 9.17) is 10.5 Å². The third-order valence-corrected chi connectivity index (χ3v) is 5.72. The summed E-state index contributed by atoms with van der Waals surface area (Å²) >= 11 is 2.67. The predicted molar refractivity (Wildman–Crippen MR) is 114 cm³/mol. The van der Waals surface area contributed by atoms with Gasteiger partial charge in [0.15, 0.2) is 5.78 Å². The van der Waals surface area contributed by atoms with Crippen LogP contribution in [0.4, 0.5) is 0 Å². The van der Waals surface area contributed by atoms with Gasteiger partial charge in [0.1, 0.15) is 16.6 Å². The van der Waals surface area contributed by atoms with Crippen LogP contribution >= 0.6 is 23.1 Å². The van der Waals surface area contributed by atoms with Crippen molar-refractivity contribution in [2.24, 2.45) is 5.73 Å². The highest BCUT2D eigenvalue weighted by molar-refractivity contribution is 8.00. The molecule has 148 valence electrons. The highest BCUT2D eigenvalue weighted by atomic mass is 32.2. The number of benzene rings is 1. The van der Waals surface area contributed by atoms with Gasteiger partial charge in [-0.15, -0.1) is 11.3 Å². The van der Waals surface area contributed by atoms with Gasteiger partial charge in [0.05, 0.1) is 29.7 Å². The molecule has 0 bridgehead atoms. The van der Waals surface area contributed by atoms with Gasteiger partial charge in [0, 0.05) is 10.3 Å². The fourth-order valence-corrected chi connectivity index (χ4v) is 4.41. The summed E-state index contributed by atoms with van der Waals surface area (Å²) in [5.74, 6) is 1.20. The molecule has 2 heterocycles. The number of ketones is 1. The lowest BCUT2D eigenvalue weighted by atomic mass is 10.2. The third kappa shape index (κ3) is 5.53. The summed E-state index contributed by atoms with van der Waals surface area (Å²) in [6.45, 7) is 5.82. The number of Topliss-reactive ketones (excluding diaryl/α,β-unsaturated/α-hetero) is 1. The van der Waals surface area contributed by atoms with Gasteiger partial charge in [-0.1, -0.05) is 25.6 Å². The summed E-state index contributed by atoms with van der Waals surface area (Å²) in [4.78, 5) is 33.7. The van der Waals surface area contributed by atoms with Crippen molar-refractivity contribution in [3.63, 3.8) is 0 Å². The maximum absolute atomic E-state index is 12.5. The number of carbonyl (C=O) groups excluding carboxylic acids is 2. The monoisotopic (exact) mass is 417 g/mol. The number of hydrogen-bond acceptors (Lipinski definition) is 7. The lowest BCUT2D eigenvalue weighted by molar-refractivity contribution is -0.117. The molecule has 1 aromatic carbocycles. The average molecular weight is 418 g/mol. The summed E-state index contributed by atoms with van der Waals surface area (Å²) in [7, 11) is 1.60. The molecule has 3 rings (SSSR count). The minimum absolute atomic E-state index is 0.0111. The molecule has 6 nitrogen and oxygen atoms in total. The SMILES string of the molecule is CC.COc1ccc2nc(C)nc(SCC(=O)c3ccc(CC(N)=O)s3)c2c1. The number of thioether (sulfide) groups is 1. The Hall–Kier alpha value is -2.45. The van der Waals surface area contributed by atoms with Crippen LogP contribution in [0.25, 0.3) is 10.9 Å². The normalized spacial score (nSPS) is 10.3. The number of aromatic nitrogens is 2. The molecule has 0 saturated carbocycles. The van der Waals surface area contributed by atoms with Gasteiger partial charge < -0.3 is 10.5 Å². The Morgan fingerprint density at radius 2 is 1.93 bits per heavy atom. The Bertz CT molecular complexity index is 986. The van der Waals surface area contributed by atoms with Gasteiger partial charge in [-0.05, 0) is 37.3 Å². The van der Waals surface area contributed by atoms with Crippen molar-refractivity contribution in [1.29, 1.82) is 0 Å². The fraction of sp³-hybridized carbons (Fsp3) is 0.300. The number of primary amides is 1. The molecule has 0 atom stereocenters. The van der Waals surface area contributed by atoms with Crippen LogP contribution in [0.3, 0.4) is 0 Å². The molecular formula is C20H23N3O3S2. The van der Waals surface area contributed by atoms with Gasteiger partial charge in [-0.2, -0.15) is 0 Å². The van der Waals surface area contributed by atoms with Crippen LogP contribution in [-0.2, 0) is 11.2 Å². The topological polar surface area (TPSA) is 95.2 Å². The van der Waals surface area contributed by atoms with E-state index in [1.807, 2.05) is 39.0 Å². The Balaban J connectivity index is 0.00000136. The first kappa shape index (κ1) is 21.8. The summed E-state index contributed by atoms with van der Waals surface area (Å²) in [6.07, 6.45) is 0.153. The molecule has 0 radical (unpaired) electrons. The zero-order valence-corrected chi connectivity index (χ0v) is 17.9. The Kier molecular flexibility index (Phi) is 7.95. The van der Waals surface area contributed by atoms with E-state index >= 15 is 0 Å². The second kappa shape index (κ2) is 10.2. The standard InChI is InChI=1S/C18H17N3O3S2.C2H6/c1-10-20-14-5-3-11(24-2)7-13(14)18(21-10)25-9-15(22)16-6-4-12(26-16)8-17(19)23;1-2/h3-7H,8-9H2,1-2H3,(H2,19,23);1-2H3. The number of ether oxygens (including phenoxy) is 1. The van der Waals surface area contributed by atoms with Crippen molar-refractivity contribution in [1.82, 2.24) is 9.97 Å². The van der Waals surface area contributed by atoms with Crippen LogP contribution in [0.5, 0.6) is 5.75 Å². The molecule has 3 aromatic rings. The number of thiophene rings is 1. The summed E-state index contributed by atoms with van der Waals surface area (Å²) < 4.78 is 5.27. The third-order valence-electron chi connectivity index (χ3n) is 3.60. The Morgan fingerprint density at radius 3 is 2.61 bits per heavy atom. The molecule has 2 N–H and O–H groups in total. The molecular weight excluding hydrogens is 394 g/mol. The van der Waals surface area contributed by atoms with Crippen LogP contribution in [0.2, 0.25) is 0 Å². The van der Waals surface area contributed by atoms with Crippen molar-refractivity contribution in [2.45, 2.75) is 32.2 Å². The van der Waals surface area contributed by atoms with E-state index in [2.05, 4.69) is 9.97 Å². The molecule has 0 saturated heterocycles. The molecule has 0 aliphatic carbocycles. The van der Waals surface area contributed by atoms with Crippen molar-refractivity contribution in [2.75, 3.05) is 12.9 Å². The maximum atomic E-state index is 12.5. The van der Waals surface area contributed by atoms with E-state index < -0.39 is 5.91 Å². The zero-order valence-electron chi connectivity index (χ0n) is 16.3. The maximum Gasteiger partial charge on any atom is 0.222 e. The number of fused-ring (bicyclic) bond motifs is 1. The van der Waals surface area contributed by atoms with E-state index in [9.17, 15) is 9.59 Å². The number of nitrogens with zero attached hydrogens (tertiary/aromatic N) is 2. The van der Waals surface area contributed by atoms with Crippen molar-refractivity contribution >= 4 is 45.7 Å². The van der Waals surface area contributed by atoms with Gasteiger partial charge in [-0.25, -0.2) is 9.97 Å². The van der Waals surface area contributed by atoms with E-state index in [1.54, 1.807) is 19.2 Å². The number of aryl methyl sites for hydroxylation is 1.